The normalized spacial score (nSPS) is 26.0. The molecule has 218 valence electrons. The van der Waals surface area contributed by atoms with Crippen LogP contribution in [0.5, 0.6) is 5.75 Å². The number of benzene rings is 1. The predicted molar refractivity (Wildman–Crippen MR) is 145 cm³/mol. The van der Waals surface area contributed by atoms with Crippen molar-refractivity contribution in [3.63, 3.8) is 0 Å². The van der Waals surface area contributed by atoms with Gasteiger partial charge in [0.25, 0.3) is 0 Å². The van der Waals surface area contributed by atoms with E-state index < -0.39 is 56.1 Å². The average Bonchev–Trinajstić information content (AvgIpc) is 3.39. The zero-order valence-corrected chi connectivity index (χ0v) is 24.2. The number of fused-ring (bicyclic) bond motifs is 1. The van der Waals surface area contributed by atoms with E-state index in [2.05, 4.69) is 15.1 Å². The summed E-state index contributed by atoms with van der Waals surface area (Å²) in [6.07, 6.45) is -3.27. The van der Waals surface area contributed by atoms with Gasteiger partial charge in [-0.1, -0.05) is 23.7 Å². The Labute approximate surface area is 235 Å². The molecule has 12 nitrogen and oxygen atoms in total. The molecule has 1 aliphatic heterocycles. The highest BCUT2D eigenvalue weighted by Gasteiger charge is 2.57. The second-order valence-electron chi connectivity index (χ2n) is 9.93. The summed E-state index contributed by atoms with van der Waals surface area (Å²) >= 11 is 6.20. The molecule has 4 N–H and O–H groups in total. The largest absolute Gasteiger partial charge is 0.462 e. The molecule has 7 atom stereocenters. The highest BCUT2D eigenvalue weighted by molar-refractivity contribution is 7.52. The lowest BCUT2D eigenvalue weighted by molar-refractivity contribution is -0.149. The number of anilines is 1. The maximum Gasteiger partial charge on any atom is 0.459 e. The number of aliphatic hydroxyl groups is 1. The maximum absolute atomic E-state index is 16.0. The minimum atomic E-state index is -4.42. The van der Waals surface area contributed by atoms with Gasteiger partial charge in [-0.2, -0.15) is 5.09 Å². The summed E-state index contributed by atoms with van der Waals surface area (Å²) < 4.78 is 54.0. The molecule has 40 heavy (non-hydrogen) atoms. The van der Waals surface area contributed by atoms with Crippen molar-refractivity contribution < 1.29 is 37.4 Å². The van der Waals surface area contributed by atoms with Crippen LogP contribution in [0, 0.1) is 0 Å². The van der Waals surface area contributed by atoms with Crippen molar-refractivity contribution in [1.82, 2.24) is 19.6 Å². The van der Waals surface area contributed by atoms with Crippen LogP contribution >= 0.6 is 19.3 Å². The molecule has 15 heteroatoms. The number of aliphatic hydroxyl groups excluding tert-OH is 1. The van der Waals surface area contributed by atoms with Gasteiger partial charge >= 0.3 is 13.7 Å². The summed E-state index contributed by atoms with van der Waals surface area (Å²) in [5.74, 6) is -0.498. The van der Waals surface area contributed by atoms with Gasteiger partial charge in [0.2, 0.25) is 0 Å². The highest BCUT2D eigenvalue weighted by Crippen LogP contribution is 2.51. The Hall–Kier alpha value is -2.80. The van der Waals surface area contributed by atoms with Gasteiger partial charge in [0, 0.05) is 6.20 Å². The van der Waals surface area contributed by atoms with Crippen LogP contribution in [0.1, 0.15) is 40.8 Å². The summed E-state index contributed by atoms with van der Waals surface area (Å²) in [6, 6.07) is 6.70. The minimum Gasteiger partial charge on any atom is -0.462 e. The first kappa shape index (κ1) is 30.2. The average molecular weight is 600 g/mol. The standard InChI is InChI=1S/C25H32ClFN5O7P/c1-13(2)36-23(34)14(3)31-40(35,39-18-9-7-6-8-17(18)26)38-15(4)19-20(33)25(5,27)24(37-19)32-11-10-16-21(28)29-12-30-22(16)32/h6-15,19-20,24,33H,1-5H3,(H,31,35)(H2,28,29,30)/t14-,15?,19+,20+,24+,25+,40?/m0/s1. The molecule has 0 aliphatic carbocycles. The maximum atomic E-state index is 16.0. The fourth-order valence-electron chi connectivity index (χ4n) is 4.34. The first-order valence-electron chi connectivity index (χ1n) is 12.5. The third kappa shape index (κ3) is 6.09. The molecule has 1 saturated heterocycles. The van der Waals surface area contributed by atoms with Gasteiger partial charge in [-0.3, -0.25) is 9.32 Å². The first-order valence-corrected chi connectivity index (χ1v) is 14.5. The van der Waals surface area contributed by atoms with E-state index in [-0.39, 0.29) is 16.6 Å². The lowest BCUT2D eigenvalue weighted by Gasteiger charge is -2.29. The number of para-hydroxylation sites is 1. The molecule has 1 fully saturated rings. The Kier molecular flexibility index (Phi) is 8.74. The molecule has 4 rings (SSSR count). The van der Waals surface area contributed by atoms with E-state index in [1.165, 1.54) is 50.0 Å². The van der Waals surface area contributed by atoms with Crippen LogP contribution in [0.3, 0.4) is 0 Å². The Bertz CT molecular complexity index is 1420. The van der Waals surface area contributed by atoms with Crippen LogP contribution in [0.25, 0.3) is 11.0 Å². The van der Waals surface area contributed by atoms with E-state index >= 15 is 4.39 Å². The summed E-state index contributed by atoms with van der Waals surface area (Å²) in [6.45, 7) is 7.36. The van der Waals surface area contributed by atoms with Crippen molar-refractivity contribution in [2.24, 2.45) is 0 Å². The van der Waals surface area contributed by atoms with Crippen molar-refractivity contribution in [3.05, 3.63) is 47.9 Å². The van der Waals surface area contributed by atoms with Crippen molar-refractivity contribution in [2.45, 2.75) is 77.0 Å². The molecule has 3 aromatic rings. The Morgan fingerprint density at radius 1 is 1.27 bits per heavy atom. The number of nitrogen functional groups attached to an aromatic ring is 1. The number of alkyl halides is 1. The smallest absolute Gasteiger partial charge is 0.459 e. The zero-order valence-electron chi connectivity index (χ0n) is 22.5. The van der Waals surface area contributed by atoms with Crippen molar-refractivity contribution in [3.8, 4) is 5.75 Å². The molecule has 0 amide bonds. The number of nitrogens with one attached hydrogen (secondary N) is 1. The number of rotatable bonds is 10. The van der Waals surface area contributed by atoms with Crippen LogP contribution in [0.15, 0.2) is 42.9 Å². The predicted octanol–water partition coefficient (Wildman–Crippen LogP) is 4.18. The van der Waals surface area contributed by atoms with E-state index in [4.69, 9.17) is 35.9 Å². The molecular weight excluding hydrogens is 568 g/mol. The molecule has 1 aromatic carbocycles. The number of aromatic nitrogens is 3. The number of hydrogen-bond acceptors (Lipinski definition) is 10. The number of halogens is 2. The van der Waals surface area contributed by atoms with Gasteiger partial charge in [0.15, 0.2) is 11.9 Å². The van der Waals surface area contributed by atoms with E-state index in [1.807, 2.05) is 0 Å². The SMILES string of the molecule is CC(C)OC(=O)[C@H](C)NP(=O)(Oc1ccccc1Cl)OC(C)[C@H]1O[C@@H](n2ccc3c(N)ncnc32)[C@](C)(F)[C@@H]1O. The van der Waals surface area contributed by atoms with Crippen molar-refractivity contribution >= 4 is 42.2 Å². The molecule has 1 aliphatic rings. The highest BCUT2D eigenvalue weighted by atomic mass is 35.5. The van der Waals surface area contributed by atoms with E-state index in [0.717, 1.165) is 0 Å². The third-order valence-corrected chi connectivity index (χ3v) is 8.39. The lowest BCUT2D eigenvalue weighted by Crippen LogP contribution is -2.44. The second-order valence-corrected chi connectivity index (χ2v) is 12.0. The van der Waals surface area contributed by atoms with Gasteiger partial charge in [-0.05, 0) is 52.8 Å². The van der Waals surface area contributed by atoms with Crippen LogP contribution in [0.4, 0.5) is 10.2 Å². The van der Waals surface area contributed by atoms with E-state index in [1.54, 1.807) is 32.0 Å². The molecule has 3 heterocycles. The number of hydrogen-bond donors (Lipinski definition) is 3. The Morgan fingerprint density at radius 3 is 2.65 bits per heavy atom. The summed E-state index contributed by atoms with van der Waals surface area (Å²) in [5.41, 5.74) is 3.88. The molecule has 2 unspecified atom stereocenters. The number of nitrogens with zero attached hydrogens (tertiary/aromatic N) is 3. The van der Waals surface area contributed by atoms with Gasteiger partial charge in [0.05, 0.1) is 22.6 Å². The van der Waals surface area contributed by atoms with Crippen molar-refractivity contribution in [2.75, 3.05) is 5.73 Å². The summed E-state index contributed by atoms with van der Waals surface area (Å²) in [4.78, 5) is 20.6. The van der Waals surface area contributed by atoms with Crippen LogP contribution in [0.2, 0.25) is 5.02 Å². The van der Waals surface area contributed by atoms with Gasteiger partial charge < -0.3 is 29.4 Å². The van der Waals surface area contributed by atoms with Crippen LogP contribution in [-0.2, 0) is 23.4 Å². The summed E-state index contributed by atoms with van der Waals surface area (Å²) in [5, 5.41) is 14.1. The van der Waals surface area contributed by atoms with E-state index in [0.29, 0.717) is 11.0 Å². The quantitative estimate of drug-likeness (QED) is 0.227. The number of carbonyl (C=O) groups excluding carboxylic acids is 1. The zero-order chi connectivity index (χ0) is 29.4. The van der Waals surface area contributed by atoms with Gasteiger partial charge in [-0.25, -0.2) is 18.9 Å². The number of nitrogens with two attached hydrogens (primary N) is 1. The first-order chi connectivity index (χ1) is 18.7. The number of carbonyl (C=O) groups is 1. The molecule has 2 aromatic heterocycles. The summed E-state index contributed by atoms with van der Waals surface area (Å²) in [7, 11) is -4.42. The molecule has 0 radical (unpaired) electrons. The van der Waals surface area contributed by atoms with Crippen molar-refractivity contribution in [1.29, 1.82) is 0 Å². The third-order valence-electron chi connectivity index (χ3n) is 6.33. The minimum absolute atomic E-state index is 0.00815. The van der Waals surface area contributed by atoms with Crippen LogP contribution in [-0.4, -0.2) is 61.7 Å². The molecule has 0 saturated carbocycles. The second kappa shape index (κ2) is 11.6. The monoisotopic (exact) mass is 599 g/mol. The van der Waals surface area contributed by atoms with Gasteiger partial charge in [-0.15, -0.1) is 0 Å². The Balaban J connectivity index is 1.61. The topological polar surface area (TPSA) is 160 Å². The fourth-order valence-corrected chi connectivity index (χ4v) is 6.28. The number of esters is 1. The van der Waals surface area contributed by atoms with Gasteiger partial charge in [0.1, 0.15) is 41.8 Å². The molecule has 0 spiro atoms. The van der Waals surface area contributed by atoms with Crippen LogP contribution < -0.4 is 15.3 Å². The molecule has 0 bridgehead atoms. The lowest BCUT2D eigenvalue weighted by atomic mass is 9.96. The Morgan fingerprint density at radius 2 is 1.98 bits per heavy atom. The van der Waals surface area contributed by atoms with E-state index in [9.17, 15) is 14.5 Å². The fraction of sp³-hybridized carbons (Fsp3) is 0.480. The number of ether oxygens (including phenoxy) is 2. The molecular formula is C25H32ClFN5O7P.